The zero-order valence-electron chi connectivity index (χ0n) is 16.6. The Kier molecular flexibility index (Phi) is 9.78. The maximum atomic E-state index is 10.1. The zero-order chi connectivity index (χ0) is 21.4. The van der Waals surface area contributed by atoms with Gasteiger partial charge in [0, 0.05) is 12.5 Å². The van der Waals surface area contributed by atoms with E-state index in [1.165, 1.54) is 0 Å². The molecule has 1 aliphatic heterocycles. The molecule has 0 aliphatic carbocycles. The number of aliphatic hydroxyl groups is 6. The van der Waals surface area contributed by atoms with Crippen molar-refractivity contribution in [2.45, 2.75) is 87.5 Å². The monoisotopic (exact) mass is 413 g/mol. The van der Waals surface area contributed by atoms with Gasteiger partial charge in [-0.1, -0.05) is 37.8 Å². The Labute approximate surface area is 171 Å². The molecule has 29 heavy (non-hydrogen) atoms. The van der Waals surface area contributed by atoms with E-state index in [0.717, 1.165) is 31.2 Å². The average Bonchev–Trinajstić information content (AvgIpc) is 2.71. The van der Waals surface area contributed by atoms with Gasteiger partial charge < -0.3 is 41.1 Å². The summed E-state index contributed by atoms with van der Waals surface area (Å²) in [7, 11) is 0. The van der Waals surface area contributed by atoms with Gasteiger partial charge in [0.05, 0.1) is 37.1 Å². The molecule has 1 aromatic rings. The van der Waals surface area contributed by atoms with Crippen molar-refractivity contribution in [3.05, 3.63) is 29.8 Å². The van der Waals surface area contributed by atoms with E-state index in [4.69, 9.17) is 0 Å². The van der Waals surface area contributed by atoms with E-state index in [1.807, 2.05) is 0 Å². The lowest BCUT2D eigenvalue weighted by Crippen LogP contribution is -2.65. The van der Waals surface area contributed by atoms with Gasteiger partial charge in [-0.2, -0.15) is 0 Å². The maximum Gasteiger partial charge on any atom is 0.115 e. The van der Waals surface area contributed by atoms with Gasteiger partial charge >= 0.3 is 0 Å². The molecule has 7 atom stereocenters. The second kappa shape index (κ2) is 11.8. The predicted molar refractivity (Wildman–Crippen MR) is 107 cm³/mol. The van der Waals surface area contributed by atoms with Crippen molar-refractivity contribution in [1.82, 2.24) is 5.32 Å². The number of phenolic OH excluding ortho intramolecular Hbond substituents is 1. The van der Waals surface area contributed by atoms with Gasteiger partial charge in [-0.3, -0.25) is 0 Å². The van der Waals surface area contributed by atoms with Crippen molar-refractivity contribution < 1.29 is 35.7 Å². The third-order valence-corrected chi connectivity index (χ3v) is 5.74. The van der Waals surface area contributed by atoms with Crippen LogP contribution >= 0.6 is 0 Å². The SMILES string of the molecule is OC[C@H]1N[C@H](CCCCCCC(O)C(O)Cc2ccc(O)cc2)[C@H](O)[C@@H](O)[C@@H]1O. The molecular formula is C21H35NO7. The minimum absolute atomic E-state index is 0.164. The van der Waals surface area contributed by atoms with Crippen molar-refractivity contribution in [2.24, 2.45) is 0 Å². The maximum absolute atomic E-state index is 10.1. The number of aliphatic hydroxyl groups excluding tert-OH is 6. The minimum Gasteiger partial charge on any atom is -0.508 e. The molecule has 0 bridgehead atoms. The van der Waals surface area contributed by atoms with Gasteiger partial charge in [-0.05, 0) is 30.5 Å². The Morgan fingerprint density at radius 2 is 1.41 bits per heavy atom. The summed E-state index contributed by atoms with van der Waals surface area (Å²) < 4.78 is 0. The predicted octanol–water partition coefficient (Wildman–Crippen LogP) is -0.588. The smallest absolute Gasteiger partial charge is 0.115 e. The van der Waals surface area contributed by atoms with Crippen LogP contribution in [-0.4, -0.2) is 85.0 Å². The average molecular weight is 414 g/mol. The Morgan fingerprint density at radius 3 is 2.07 bits per heavy atom. The van der Waals surface area contributed by atoms with E-state index in [9.17, 15) is 35.7 Å². The summed E-state index contributed by atoms with van der Waals surface area (Å²) in [5.41, 5.74) is 0.848. The molecule has 1 fully saturated rings. The highest BCUT2D eigenvalue weighted by molar-refractivity contribution is 5.26. The topological polar surface area (TPSA) is 154 Å². The number of benzene rings is 1. The summed E-state index contributed by atoms with van der Waals surface area (Å²) in [6.45, 7) is -0.314. The van der Waals surface area contributed by atoms with Gasteiger partial charge in [-0.15, -0.1) is 0 Å². The van der Waals surface area contributed by atoms with Gasteiger partial charge in [-0.25, -0.2) is 0 Å². The molecule has 1 heterocycles. The summed E-state index contributed by atoms with van der Waals surface area (Å²) in [6, 6.07) is 5.50. The van der Waals surface area contributed by atoms with E-state index in [1.54, 1.807) is 24.3 Å². The van der Waals surface area contributed by atoms with Crippen LogP contribution in [0.2, 0.25) is 0 Å². The molecule has 0 spiro atoms. The molecule has 0 saturated carbocycles. The number of piperidine rings is 1. The van der Waals surface area contributed by atoms with E-state index >= 15 is 0 Å². The van der Waals surface area contributed by atoms with E-state index < -0.39 is 36.6 Å². The Hall–Kier alpha value is -1.26. The minimum atomic E-state index is -1.27. The fourth-order valence-corrected chi connectivity index (χ4v) is 3.84. The van der Waals surface area contributed by atoms with Gasteiger partial charge in [0.2, 0.25) is 0 Å². The number of phenols is 1. The molecule has 8 heteroatoms. The summed E-state index contributed by atoms with van der Waals surface area (Å²) in [5, 5.41) is 71.5. The van der Waals surface area contributed by atoms with Gasteiger partial charge in [0.1, 0.15) is 11.9 Å². The van der Waals surface area contributed by atoms with Crippen LogP contribution in [-0.2, 0) is 6.42 Å². The van der Waals surface area contributed by atoms with Crippen molar-refractivity contribution in [3.8, 4) is 5.75 Å². The molecule has 2 unspecified atom stereocenters. The quantitative estimate of drug-likeness (QED) is 0.224. The molecule has 1 aliphatic rings. The third kappa shape index (κ3) is 7.18. The highest BCUT2D eigenvalue weighted by Gasteiger charge is 2.41. The molecular weight excluding hydrogens is 378 g/mol. The van der Waals surface area contributed by atoms with Crippen LogP contribution in [0.5, 0.6) is 5.75 Å². The first-order valence-corrected chi connectivity index (χ1v) is 10.4. The standard InChI is InChI=1S/C21H35NO7/c23-12-16-20(28)21(29)19(27)15(22-16)5-3-1-2-4-6-17(25)18(26)11-13-7-9-14(24)10-8-13/h7-10,15-29H,1-6,11-12H2/t15-,16-,17?,18?,19+,20-,21-/m1/s1. The second-order valence-corrected chi connectivity index (χ2v) is 8.03. The molecule has 8 N–H and O–H groups in total. The molecule has 1 aromatic carbocycles. The van der Waals surface area contributed by atoms with Crippen molar-refractivity contribution in [3.63, 3.8) is 0 Å². The molecule has 166 valence electrons. The van der Waals surface area contributed by atoms with Gasteiger partial charge in [0.15, 0.2) is 0 Å². The fraction of sp³-hybridized carbons (Fsp3) is 0.714. The Morgan fingerprint density at radius 1 is 0.793 bits per heavy atom. The second-order valence-electron chi connectivity index (χ2n) is 8.03. The Balaban J connectivity index is 1.60. The highest BCUT2D eigenvalue weighted by atomic mass is 16.4. The first-order chi connectivity index (χ1) is 13.8. The number of hydrogen-bond donors (Lipinski definition) is 8. The summed E-state index contributed by atoms with van der Waals surface area (Å²) in [6.07, 6.45) is -0.515. The highest BCUT2D eigenvalue weighted by Crippen LogP contribution is 2.20. The number of unbranched alkanes of at least 4 members (excludes halogenated alkanes) is 3. The van der Waals surface area contributed by atoms with Crippen LogP contribution in [0.25, 0.3) is 0 Å². The number of hydrogen-bond acceptors (Lipinski definition) is 8. The van der Waals surface area contributed by atoms with E-state index in [2.05, 4.69) is 5.32 Å². The number of rotatable bonds is 11. The fourth-order valence-electron chi connectivity index (χ4n) is 3.84. The lowest BCUT2D eigenvalue weighted by atomic mass is 9.88. The number of nitrogens with one attached hydrogen (secondary N) is 1. The zero-order valence-corrected chi connectivity index (χ0v) is 16.6. The molecule has 1 saturated heterocycles. The molecule has 0 amide bonds. The van der Waals surface area contributed by atoms with Crippen LogP contribution in [0.1, 0.15) is 44.1 Å². The summed E-state index contributed by atoms with van der Waals surface area (Å²) in [4.78, 5) is 0. The lowest BCUT2D eigenvalue weighted by molar-refractivity contribution is -0.120. The van der Waals surface area contributed by atoms with Crippen LogP contribution < -0.4 is 5.32 Å². The largest absolute Gasteiger partial charge is 0.508 e. The summed E-state index contributed by atoms with van der Waals surface area (Å²) >= 11 is 0. The van der Waals surface area contributed by atoms with Crippen LogP contribution in [0.3, 0.4) is 0 Å². The molecule has 0 radical (unpaired) electrons. The first kappa shape index (κ1) is 24.0. The van der Waals surface area contributed by atoms with Crippen molar-refractivity contribution in [2.75, 3.05) is 6.61 Å². The van der Waals surface area contributed by atoms with Crippen molar-refractivity contribution >= 4 is 0 Å². The van der Waals surface area contributed by atoms with E-state index in [-0.39, 0.29) is 18.4 Å². The number of aromatic hydroxyl groups is 1. The Bertz CT molecular complexity index is 583. The lowest BCUT2D eigenvalue weighted by Gasteiger charge is -2.41. The van der Waals surface area contributed by atoms with Crippen LogP contribution in [0, 0.1) is 0 Å². The molecule has 0 aromatic heterocycles. The molecule has 8 nitrogen and oxygen atoms in total. The third-order valence-electron chi connectivity index (χ3n) is 5.74. The molecule has 2 rings (SSSR count). The first-order valence-electron chi connectivity index (χ1n) is 10.4. The normalized spacial score (nSPS) is 29.5. The van der Waals surface area contributed by atoms with Crippen LogP contribution in [0.4, 0.5) is 0 Å². The van der Waals surface area contributed by atoms with Crippen LogP contribution in [0.15, 0.2) is 24.3 Å². The van der Waals surface area contributed by atoms with Crippen molar-refractivity contribution in [1.29, 1.82) is 0 Å². The summed E-state index contributed by atoms with van der Waals surface area (Å²) in [5.74, 6) is 0.164. The van der Waals surface area contributed by atoms with Gasteiger partial charge in [0.25, 0.3) is 0 Å². The van der Waals surface area contributed by atoms with E-state index in [0.29, 0.717) is 19.3 Å².